The van der Waals surface area contributed by atoms with E-state index in [1.165, 1.54) is 36.8 Å². The van der Waals surface area contributed by atoms with Crippen LogP contribution in [-0.2, 0) is 6.42 Å². The molecule has 2 aliphatic carbocycles. The number of imidazole rings is 1. The largest absolute Gasteiger partial charge is 0.573 e. The Bertz CT molecular complexity index is 1500. The van der Waals surface area contributed by atoms with E-state index in [-0.39, 0.29) is 29.2 Å². The summed E-state index contributed by atoms with van der Waals surface area (Å²) in [7, 11) is 0. The third-order valence-electron chi connectivity index (χ3n) is 6.60. The lowest BCUT2D eigenvalue weighted by molar-refractivity contribution is -0.274. The molecule has 0 saturated heterocycles. The van der Waals surface area contributed by atoms with Gasteiger partial charge in [0.05, 0.1) is 35.2 Å². The first-order chi connectivity index (χ1) is 16.7. The van der Waals surface area contributed by atoms with Crippen molar-refractivity contribution in [1.29, 1.82) is 0 Å². The molecule has 2 aliphatic rings. The van der Waals surface area contributed by atoms with E-state index in [4.69, 9.17) is 5.73 Å². The summed E-state index contributed by atoms with van der Waals surface area (Å²) in [6.07, 6.45) is 0.869. The summed E-state index contributed by atoms with van der Waals surface area (Å²) in [4.78, 5) is 23.7. The second-order valence-electron chi connectivity index (χ2n) is 8.87. The number of hydrogen-bond acceptors (Lipinski definition) is 5. The molecule has 1 amide bonds. The van der Waals surface area contributed by atoms with Gasteiger partial charge in [-0.05, 0) is 55.0 Å². The highest BCUT2D eigenvalue weighted by Gasteiger charge is 2.42. The smallest absolute Gasteiger partial charge is 0.406 e. The topological polar surface area (TPSA) is 85.8 Å². The molecule has 180 valence electrons. The molecule has 2 N–H and O–H groups in total. The van der Waals surface area contributed by atoms with Crippen molar-refractivity contribution in [2.75, 3.05) is 5.73 Å². The van der Waals surface area contributed by atoms with Gasteiger partial charge in [-0.25, -0.2) is 14.4 Å². The van der Waals surface area contributed by atoms with Gasteiger partial charge in [0, 0.05) is 12.1 Å². The maximum Gasteiger partial charge on any atom is 0.573 e. The monoisotopic (exact) mass is 485 g/mol. The minimum atomic E-state index is -4.78. The first-order valence-corrected chi connectivity index (χ1v) is 11.1. The van der Waals surface area contributed by atoms with Gasteiger partial charge in [-0.1, -0.05) is 6.07 Å². The maximum absolute atomic E-state index is 15.2. The number of anilines is 1. The van der Waals surface area contributed by atoms with Gasteiger partial charge < -0.3 is 15.4 Å². The van der Waals surface area contributed by atoms with E-state index in [2.05, 4.69) is 14.7 Å². The number of halogens is 4. The van der Waals surface area contributed by atoms with E-state index < -0.39 is 18.1 Å². The zero-order valence-corrected chi connectivity index (χ0v) is 18.2. The zero-order chi connectivity index (χ0) is 24.5. The maximum atomic E-state index is 15.2. The molecule has 2 aromatic carbocycles. The number of aromatic nitrogens is 3. The van der Waals surface area contributed by atoms with Crippen molar-refractivity contribution < 1.29 is 27.1 Å². The molecule has 1 fully saturated rings. The van der Waals surface area contributed by atoms with Gasteiger partial charge in [0.15, 0.2) is 0 Å². The van der Waals surface area contributed by atoms with Crippen LogP contribution in [0.2, 0.25) is 0 Å². The van der Waals surface area contributed by atoms with Gasteiger partial charge >= 0.3 is 6.36 Å². The number of nitrogens with zero attached hydrogens (tertiary/aromatic N) is 4. The minimum Gasteiger partial charge on any atom is -0.406 e. The Balaban J connectivity index is 1.39. The van der Waals surface area contributed by atoms with E-state index in [0.717, 1.165) is 18.4 Å². The first-order valence-electron chi connectivity index (χ1n) is 11.1. The van der Waals surface area contributed by atoms with Crippen LogP contribution in [0, 0.1) is 5.82 Å². The number of aryl methyl sites for hydroxylation is 1. The summed E-state index contributed by atoms with van der Waals surface area (Å²) in [6, 6.07) is 6.40. The number of hydrogen-bond donors (Lipinski definition) is 1. The number of ether oxygens (including phenoxy) is 1. The van der Waals surface area contributed by atoms with Crippen LogP contribution in [0.4, 0.5) is 23.4 Å². The second kappa shape index (κ2) is 7.56. The highest BCUT2D eigenvalue weighted by molar-refractivity contribution is 5.99. The molecule has 11 heteroatoms. The van der Waals surface area contributed by atoms with E-state index in [1.807, 2.05) is 0 Å². The summed E-state index contributed by atoms with van der Waals surface area (Å²) in [5.41, 5.74) is 8.62. The highest BCUT2D eigenvalue weighted by Crippen LogP contribution is 2.44. The lowest BCUT2D eigenvalue weighted by Crippen LogP contribution is -2.36. The molecule has 2 heterocycles. The van der Waals surface area contributed by atoms with Crippen LogP contribution >= 0.6 is 0 Å². The molecule has 0 unspecified atom stereocenters. The van der Waals surface area contributed by atoms with Crippen molar-refractivity contribution >= 4 is 28.3 Å². The van der Waals surface area contributed by atoms with Gasteiger partial charge in [0.2, 0.25) is 0 Å². The van der Waals surface area contributed by atoms with Gasteiger partial charge in [0.25, 0.3) is 5.91 Å². The predicted molar refractivity (Wildman–Crippen MR) is 118 cm³/mol. The van der Waals surface area contributed by atoms with Crippen LogP contribution < -0.4 is 10.5 Å². The molecule has 1 saturated carbocycles. The number of carbonyl (C=O) groups excluding carboxylic acids is 1. The molecule has 0 radical (unpaired) electrons. The summed E-state index contributed by atoms with van der Waals surface area (Å²) in [5, 5.41) is 0. The first kappa shape index (κ1) is 21.6. The van der Waals surface area contributed by atoms with Gasteiger partial charge in [-0.2, -0.15) is 0 Å². The fourth-order valence-corrected chi connectivity index (χ4v) is 4.97. The molecule has 1 atom stereocenters. The normalized spacial score (nSPS) is 17.7. The van der Waals surface area contributed by atoms with Crippen LogP contribution in [0.3, 0.4) is 0 Å². The van der Waals surface area contributed by atoms with Crippen molar-refractivity contribution in [2.45, 2.75) is 44.1 Å². The fraction of sp³-hybridized carbons (Fsp3) is 0.292. The average Bonchev–Trinajstić information content (AvgIpc) is 3.33. The SMILES string of the molecule is Nc1nc2cc(F)c(C(=O)N(C3CC3)[C@@H]3CCc4cc(OC(F)(F)F)ccc43)cc2n2cncc12. The number of benzene rings is 2. The predicted octanol–water partition coefficient (Wildman–Crippen LogP) is 4.79. The Morgan fingerprint density at radius 1 is 1.14 bits per heavy atom. The van der Waals surface area contributed by atoms with E-state index >= 15 is 4.39 Å². The van der Waals surface area contributed by atoms with E-state index in [1.54, 1.807) is 15.4 Å². The van der Waals surface area contributed by atoms with Crippen molar-refractivity contribution in [3.63, 3.8) is 0 Å². The lowest BCUT2D eigenvalue weighted by Gasteiger charge is -2.30. The Labute approximate surface area is 196 Å². The number of nitrogens with two attached hydrogens (primary N) is 1. The number of amides is 1. The molecule has 2 aromatic heterocycles. The third-order valence-corrected chi connectivity index (χ3v) is 6.60. The van der Waals surface area contributed by atoms with Crippen molar-refractivity contribution in [1.82, 2.24) is 19.3 Å². The highest BCUT2D eigenvalue weighted by atomic mass is 19.4. The Morgan fingerprint density at radius 3 is 2.69 bits per heavy atom. The molecule has 0 spiro atoms. The van der Waals surface area contributed by atoms with Crippen LogP contribution in [-0.4, -0.2) is 37.6 Å². The zero-order valence-electron chi connectivity index (χ0n) is 18.2. The van der Waals surface area contributed by atoms with Gasteiger partial charge in [-0.15, -0.1) is 13.2 Å². The van der Waals surface area contributed by atoms with Crippen LogP contribution in [0.1, 0.15) is 46.8 Å². The van der Waals surface area contributed by atoms with Crippen LogP contribution in [0.15, 0.2) is 42.9 Å². The summed E-state index contributed by atoms with van der Waals surface area (Å²) >= 11 is 0. The van der Waals surface area contributed by atoms with Crippen molar-refractivity contribution in [3.8, 4) is 5.75 Å². The molecular weight excluding hydrogens is 466 g/mol. The Hall–Kier alpha value is -3.89. The van der Waals surface area contributed by atoms with E-state index in [9.17, 15) is 18.0 Å². The van der Waals surface area contributed by atoms with Crippen molar-refractivity contribution in [3.05, 3.63) is 65.4 Å². The van der Waals surface area contributed by atoms with Gasteiger partial charge in [0.1, 0.15) is 22.9 Å². The lowest BCUT2D eigenvalue weighted by atomic mass is 10.0. The summed E-state index contributed by atoms with van der Waals surface area (Å²) in [5.74, 6) is -1.28. The van der Waals surface area contributed by atoms with Crippen LogP contribution in [0.5, 0.6) is 5.75 Å². The molecule has 4 aromatic rings. The Kier molecular flexibility index (Phi) is 4.67. The Morgan fingerprint density at radius 2 is 1.94 bits per heavy atom. The quantitative estimate of drug-likeness (QED) is 0.420. The molecule has 0 bridgehead atoms. The number of carbonyl (C=O) groups is 1. The van der Waals surface area contributed by atoms with Crippen molar-refractivity contribution in [2.24, 2.45) is 0 Å². The third kappa shape index (κ3) is 3.71. The fourth-order valence-electron chi connectivity index (χ4n) is 4.97. The minimum absolute atomic E-state index is 0.0579. The molecule has 6 rings (SSSR count). The summed E-state index contributed by atoms with van der Waals surface area (Å²) in [6.45, 7) is 0. The molecule has 7 nitrogen and oxygen atoms in total. The molecule has 35 heavy (non-hydrogen) atoms. The van der Waals surface area contributed by atoms with Crippen LogP contribution in [0.25, 0.3) is 16.6 Å². The molecular formula is C24H19F4N5O2. The molecule has 0 aliphatic heterocycles. The number of fused-ring (bicyclic) bond motifs is 4. The summed E-state index contributed by atoms with van der Waals surface area (Å²) < 4.78 is 58.8. The van der Waals surface area contributed by atoms with E-state index in [0.29, 0.717) is 35.0 Å². The number of rotatable bonds is 4. The standard InChI is InChI=1S/C24H19F4N5O2/c25-17-9-18-20(32-11-30-10-21(32)22(29)31-18)8-16(17)23(34)33(13-2-3-13)19-6-1-12-7-14(4-5-15(12)19)35-24(26,27)28/h4-5,7-11,13,19H,1-3,6H2,(H2,29,31)/t19-/m1/s1. The average molecular weight is 485 g/mol. The number of alkyl halides is 3. The number of nitrogen functional groups attached to an aromatic ring is 1. The van der Waals surface area contributed by atoms with Gasteiger partial charge in [-0.3, -0.25) is 9.20 Å². The second-order valence-corrected chi connectivity index (χ2v) is 8.87.